The minimum Gasteiger partial charge on any atom is -0.469 e. The lowest BCUT2D eigenvalue weighted by Gasteiger charge is -2.34. The molecular formula is C25H21N5O2S. The number of carbonyl (C=O) groups is 1. The first-order valence-corrected chi connectivity index (χ1v) is 11.8. The molecule has 1 aliphatic carbocycles. The maximum Gasteiger partial charge on any atom is 0.227 e. The summed E-state index contributed by atoms with van der Waals surface area (Å²) in [7, 11) is 0. The summed E-state index contributed by atoms with van der Waals surface area (Å²) in [4.78, 5) is 22.4. The highest BCUT2D eigenvalue weighted by Gasteiger charge is 2.40. The van der Waals surface area contributed by atoms with Crippen LogP contribution in [0.1, 0.15) is 41.7 Å². The summed E-state index contributed by atoms with van der Waals surface area (Å²) >= 11 is 1.56. The van der Waals surface area contributed by atoms with Crippen LogP contribution < -0.4 is 5.32 Å². The Hall–Kier alpha value is -3.65. The summed E-state index contributed by atoms with van der Waals surface area (Å²) in [6.45, 7) is 0. The molecule has 4 aromatic rings. The van der Waals surface area contributed by atoms with Gasteiger partial charge < -0.3 is 9.73 Å². The quantitative estimate of drug-likeness (QED) is 0.425. The summed E-state index contributed by atoms with van der Waals surface area (Å²) in [5, 5.41) is 8.88. The fourth-order valence-electron chi connectivity index (χ4n) is 4.55. The molecule has 0 spiro atoms. The van der Waals surface area contributed by atoms with Crippen LogP contribution in [0.15, 0.2) is 94.1 Å². The molecule has 0 radical (unpaired) electrons. The van der Waals surface area contributed by atoms with E-state index in [0.29, 0.717) is 23.9 Å². The van der Waals surface area contributed by atoms with Gasteiger partial charge in [0.1, 0.15) is 11.8 Å². The van der Waals surface area contributed by atoms with Crippen LogP contribution in [-0.4, -0.2) is 25.5 Å². The molecule has 2 aliphatic rings. The smallest absolute Gasteiger partial charge is 0.227 e. The van der Waals surface area contributed by atoms with E-state index in [2.05, 4.69) is 10.3 Å². The second-order valence-electron chi connectivity index (χ2n) is 8.19. The number of allylic oxidation sites excluding steroid dienone is 2. The van der Waals surface area contributed by atoms with Gasteiger partial charge in [0.15, 0.2) is 5.78 Å². The average molecular weight is 456 g/mol. The Morgan fingerprint density at radius 2 is 2.00 bits per heavy atom. The number of carbonyl (C=O) groups excluding carboxylic acids is 1. The minimum absolute atomic E-state index is 0.0177. The molecule has 6 rings (SSSR count). The first kappa shape index (κ1) is 20.0. The van der Waals surface area contributed by atoms with E-state index in [0.717, 1.165) is 33.9 Å². The van der Waals surface area contributed by atoms with E-state index in [9.17, 15) is 4.79 Å². The summed E-state index contributed by atoms with van der Waals surface area (Å²) in [5.41, 5.74) is 3.80. The zero-order valence-corrected chi connectivity index (χ0v) is 18.5. The first-order chi connectivity index (χ1) is 16.3. The number of anilines is 1. The molecule has 8 heteroatoms. The van der Waals surface area contributed by atoms with Crippen molar-refractivity contribution in [3.05, 3.63) is 101 Å². The molecule has 0 amide bonds. The number of benzene rings is 1. The number of pyridine rings is 1. The predicted molar refractivity (Wildman–Crippen MR) is 125 cm³/mol. The fraction of sp³-hybridized carbons (Fsp3) is 0.200. The minimum atomic E-state index is -0.303. The maximum atomic E-state index is 13.4. The van der Waals surface area contributed by atoms with Crippen molar-refractivity contribution in [2.24, 2.45) is 0 Å². The molecule has 0 fully saturated rings. The van der Waals surface area contributed by atoms with Gasteiger partial charge in [-0.1, -0.05) is 48.2 Å². The van der Waals surface area contributed by atoms with E-state index in [-0.39, 0.29) is 17.7 Å². The lowest BCUT2D eigenvalue weighted by atomic mass is 9.79. The van der Waals surface area contributed by atoms with E-state index in [1.165, 1.54) is 0 Å². The predicted octanol–water partition coefficient (Wildman–Crippen LogP) is 4.97. The normalized spacial score (nSPS) is 19.7. The third kappa shape index (κ3) is 3.76. The van der Waals surface area contributed by atoms with Crippen molar-refractivity contribution in [3.8, 4) is 0 Å². The summed E-state index contributed by atoms with van der Waals surface area (Å²) < 4.78 is 7.47. The van der Waals surface area contributed by atoms with Crippen LogP contribution in [-0.2, 0) is 10.5 Å². The van der Waals surface area contributed by atoms with Crippen molar-refractivity contribution in [3.63, 3.8) is 0 Å². The Morgan fingerprint density at radius 3 is 2.79 bits per heavy atom. The molecular weight excluding hydrogens is 434 g/mol. The van der Waals surface area contributed by atoms with Gasteiger partial charge in [0, 0.05) is 41.8 Å². The number of rotatable bonds is 5. The molecule has 0 saturated heterocycles. The highest BCUT2D eigenvalue weighted by atomic mass is 32.2. The van der Waals surface area contributed by atoms with Crippen molar-refractivity contribution in [1.82, 2.24) is 19.7 Å². The molecule has 3 aromatic heterocycles. The van der Waals surface area contributed by atoms with Gasteiger partial charge in [-0.3, -0.25) is 9.78 Å². The molecule has 1 aromatic carbocycles. The van der Waals surface area contributed by atoms with Gasteiger partial charge in [0.25, 0.3) is 0 Å². The number of furan rings is 1. The van der Waals surface area contributed by atoms with Crippen LogP contribution in [0.25, 0.3) is 0 Å². The lowest BCUT2D eigenvalue weighted by molar-refractivity contribution is -0.117. The molecule has 0 saturated carbocycles. The van der Waals surface area contributed by atoms with Crippen molar-refractivity contribution in [2.45, 2.75) is 35.7 Å². The van der Waals surface area contributed by atoms with E-state index in [4.69, 9.17) is 14.5 Å². The second-order valence-corrected chi connectivity index (χ2v) is 9.13. The number of hydrogen-bond acceptors (Lipinski definition) is 7. The van der Waals surface area contributed by atoms with Gasteiger partial charge >= 0.3 is 0 Å². The first-order valence-electron chi connectivity index (χ1n) is 10.9. The monoisotopic (exact) mass is 455 g/mol. The van der Waals surface area contributed by atoms with E-state index in [1.54, 1.807) is 24.2 Å². The van der Waals surface area contributed by atoms with Crippen LogP contribution in [0.5, 0.6) is 0 Å². The highest BCUT2D eigenvalue weighted by molar-refractivity contribution is 7.98. The summed E-state index contributed by atoms with van der Waals surface area (Å²) in [5.74, 6) is 2.35. The Labute approximate surface area is 194 Å². The zero-order chi connectivity index (χ0) is 22.2. The molecule has 0 bridgehead atoms. The van der Waals surface area contributed by atoms with Crippen molar-refractivity contribution >= 4 is 23.5 Å². The average Bonchev–Trinajstić information content (AvgIpc) is 3.52. The molecule has 1 aliphatic heterocycles. The van der Waals surface area contributed by atoms with Crippen molar-refractivity contribution in [2.75, 3.05) is 5.32 Å². The highest BCUT2D eigenvalue weighted by Crippen LogP contribution is 2.44. The zero-order valence-electron chi connectivity index (χ0n) is 17.7. The van der Waals surface area contributed by atoms with Crippen LogP contribution in [0.4, 0.5) is 5.95 Å². The molecule has 2 atom stereocenters. The van der Waals surface area contributed by atoms with Crippen LogP contribution in [0, 0.1) is 0 Å². The van der Waals surface area contributed by atoms with Gasteiger partial charge in [0.05, 0.1) is 6.26 Å². The van der Waals surface area contributed by atoms with Crippen molar-refractivity contribution < 1.29 is 9.21 Å². The molecule has 33 heavy (non-hydrogen) atoms. The van der Waals surface area contributed by atoms with E-state index in [1.807, 2.05) is 65.5 Å². The van der Waals surface area contributed by atoms with Gasteiger partial charge in [-0.15, -0.1) is 5.10 Å². The number of nitrogens with one attached hydrogen (secondary N) is 1. The van der Waals surface area contributed by atoms with Gasteiger partial charge in [0.2, 0.25) is 11.1 Å². The van der Waals surface area contributed by atoms with Crippen LogP contribution in [0.3, 0.4) is 0 Å². The van der Waals surface area contributed by atoms with Crippen molar-refractivity contribution in [1.29, 1.82) is 0 Å². The standard InChI is InChI=1S/C25H21N5O2S/c31-20-13-18(21-9-5-11-32-21)12-19-22(20)23(17-7-2-1-3-8-17)30-24(27-19)28-25(29-30)33-15-16-6-4-10-26-14-16/h1-11,14,18,23H,12-13,15H2,(H,27,28,29)/t18-,23-/m0/s1. The number of Topliss-reactive ketones (excluding diaryl/α,β-unsaturated/α-hetero) is 1. The number of aromatic nitrogens is 4. The molecule has 4 heterocycles. The van der Waals surface area contributed by atoms with E-state index >= 15 is 0 Å². The molecule has 1 N–H and O–H groups in total. The molecule has 7 nitrogen and oxygen atoms in total. The summed E-state index contributed by atoms with van der Waals surface area (Å²) in [6, 6.07) is 17.5. The number of ketones is 1. The number of fused-ring (bicyclic) bond motifs is 1. The SMILES string of the molecule is O=C1C[C@@H](c2ccco2)CC2=C1[C@H](c1ccccc1)n1nc(SCc3cccnc3)nc1N2. The Bertz CT molecular complexity index is 1320. The summed E-state index contributed by atoms with van der Waals surface area (Å²) in [6.07, 6.45) is 6.39. The fourth-order valence-corrected chi connectivity index (χ4v) is 5.32. The Kier molecular flexibility index (Phi) is 5.07. The largest absolute Gasteiger partial charge is 0.469 e. The molecule has 164 valence electrons. The van der Waals surface area contributed by atoms with Gasteiger partial charge in [-0.05, 0) is 35.7 Å². The lowest BCUT2D eigenvalue weighted by Crippen LogP contribution is -2.33. The molecule has 0 unspecified atom stereocenters. The van der Waals surface area contributed by atoms with Gasteiger partial charge in [-0.25, -0.2) is 4.68 Å². The maximum absolute atomic E-state index is 13.4. The third-order valence-corrected chi connectivity index (χ3v) is 6.96. The second kappa shape index (κ2) is 8.37. The third-order valence-electron chi connectivity index (χ3n) is 6.05. The van der Waals surface area contributed by atoms with E-state index < -0.39 is 0 Å². The number of nitrogens with zero attached hydrogens (tertiary/aromatic N) is 4. The van der Waals surface area contributed by atoms with Crippen LogP contribution >= 0.6 is 11.8 Å². The Morgan fingerprint density at radius 1 is 1.09 bits per heavy atom. The number of thioether (sulfide) groups is 1. The number of hydrogen-bond donors (Lipinski definition) is 1. The topological polar surface area (TPSA) is 85.8 Å². The Balaban J connectivity index is 1.37. The van der Waals surface area contributed by atoms with Crippen LogP contribution in [0.2, 0.25) is 0 Å². The van der Waals surface area contributed by atoms with Gasteiger partial charge in [-0.2, -0.15) is 4.98 Å².